The van der Waals surface area contributed by atoms with E-state index in [1.807, 2.05) is 20.8 Å². The number of benzene rings is 1. The van der Waals surface area contributed by atoms with Crippen molar-refractivity contribution < 1.29 is 19.1 Å². The Morgan fingerprint density at radius 2 is 2.08 bits per heavy atom. The van der Waals surface area contributed by atoms with E-state index in [2.05, 4.69) is 5.32 Å². The minimum atomic E-state index is -0.631. The number of halogens is 1. The van der Waals surface area contributed by atoms with Crippen molar-refractivity contribution in [3.63, 3.8) is 0 Å². The van der Waals surface area contributed by atoms with Crippen molar-refractivity contribution in [1.82, 2.24) is 5.32 Å². The Morgan fingerprint density at radius 1 is 1.36 bits per heavy atom. The molecule has 7 heteroatoms. The van der Waals surface area contributed by atoms with Gasteiger partial charge in [0.1, 0.15) is 0 Å². The molecule has 6 nitrogen and oxygen atoms in total. The minimum absolute atomic E-state index is 0.0198. The summed E-state index contributed by atoms with van der Waals surface area (Å²) in [5, 5.41) is 3.19. The topological polar surface area (TPSA) is 75.7 Å². The van der Waals surface area contributed by atoms with Crippen LogP contribution in [0.1, 0.15) is 50.4 Å². The Bertz CT molecular complexity index is 688. The number of anilines is 1. The van der Waals surface area contributed by atoms with Crippen LogP contribution in [0.15, 0.2) is 18.2 Å². The number of esters is 1. The quantitative estimate of drug-likeness (QED) is 0.785. The zero-order valence-electron chi connectivity index (χ0n) is 14.7. The molecule has 0 radical (unpaired) electrons. The van der Waals surface area contributed by atoms with Gasteiger partial charge in [-0.2, -0.15) is 0 Å². The monoisotopic (exact) mass is 366 g/mol. The average Bonchev–Trinajstić information content (AvgIpc) is 2.98. The summed E-state index contributed by atoms with van der Waals surface area (Å²) in [7, 11) is 0. The first kappa shape index (κ1) is 19.2. The van der Waals surface area contributed by atoms with Crippen LogP contribution in [0.2, 0.25) is 5.02 Å². The van der Waals surface area contributed by atoms with Gasteiger partial charge in [0.15, 0.2) is 6.61 Å². The summed E-state index contributed by atoms with van der Waals surface area (Å²) in [6.45, 7) is 5.96. The highest BCUT2D eigenvalue weighted by molar-refractivity contribution is 6.34. The maximum absolute atomic E-state index is 12.2. The third-order valence-corrected chi connectivity index (χ3v) is 4.56. The second-order valence-electron chi connectivity index (χ2n) is 6.68. The fourth-order valence-corrected chi connectivity index (χ4v) is 2.69. The summed E-state index contributed by atoms with van der Waals surface area (Å²) >= 11 is 6.15. The van der Waals surface area contributed by atoms with Crippen LogP contribution < -0.4 is 10.2 Å². The van der Waals surface area contributed by atoms with Crippen LogP contribution in [-0.4, -0.2) is 36.5 Å². The Morgan fingerprint density at radius 3 is 2.68 bits per heavy atom. The average molecular weight is 367 g/mol. The lowest BCUT2D eigenvalue weighted by Crippen LogP contribution is -2.44. The maximum Gasteiger partial charge on any atom is 0.338 e. The second-order valence-corrected chi connectivity index (χ2v) is 7.08. The first-order valence-corrected chi connectivity index (χ1v) is 8.69. The van der Waals surface area contributed by atoms with Crippen LogP contribution in [0, 0.1) is 0 Å². The molecule has 1 aromatic carbocycles. The second kappa shape index (κ2) is 7.87. The number of carbonyl (C=O) groups excluding carboxylic acids is 3. The summed E-state index contributed by atoms with van der Waals surface area (Å²) in [6.07, 6.45) is 1.99. The lowest BCUT2D eigenvalue weighted by Gasteiger charge is -2.24. The van der Waals surface area contributed by atoms with E-state index in [1.54, 1.807) is 11.0 Å². The number of hydrogen-bond donors (Lipinski definition) is 1. The van der Waals surface area contributed by atoms with Crippen molar-refractivity contribution in [2.45, 2.75) is 45.6 Å². The molecule has 1 aromatic rings. The molecular weight excluding hydrogens is 344 g/mol. The van der Waals surface area contributed by atoms with E-state index in [0.29, 0.717) is 23.7 Å². The smallest absolute Gasteiger partial charge is 0.338 e. The van der Waals surface area contributed by atoms with Crippen molar-refractivity contribution in [3.05, 3.63) is 28.8 Å². The standard InChI is InChI=1S/C18H23ClN2O4/c1-4-18(2,3)20-15(22)11-25-17(24)12-7-8-13(19)14(10-12)21-9-5-6-16(21)23/h7-8,10H,4-6,9,11H2,1-3H3,(H,20,22). The fraction of sp³-hybridized carbons (Fsp3) is 0.500. The van der Waals surface area contributed by atoms with Crippen molar-refractivity contribution in [3.8, 4) is 0 Å². The molecule has 25 heavy (non-hydrogen) atoms. The van der Waals surface area contributed by atoms with Gasteiger partial charge < -0.3 is 15.0 Å². The van der Waals surface area contributed by atoms with E-state index < -0.39 is 5.97 Å². The number of nitrogens with one attached hydrogen (secondary N) is 1. The van der Waals surface area contributed by atoms with Crippen molar-refractivity contribution >= 4 is 35.1 Å². The third-order valence-electron chi connectivity index (χ3n) is 4.24. The molecule has 1 saturated heterocycles. The van der Waals surface area contributed by atoms with E-state index in [4.69, 9.17) is 16.3 Å². The molecule has 0 aromatic heterocycles. The van der Waals surface area contributed by atoms with Gasteiger partial charge in [-0.1, -0.05) is 18.5 Å². The predicted octanol–water partition coefficient (Wildman–Crippen LogP) is 2.93. The Balaban J connectivity index is 2.02. The van der Waals surface area contributed by atoms with E-state index in [1.165, 1.54) is 12.1 Å². The molecule has 1 N–H and O–H groups in total. The number of carbonyl (C=O) groups is 3. The summed E-state index contributed by atoms with van der Waals surface area (Å²) in [6, 6.07) is 4.60. The van der Waals surface area contributed by atoms with Gasteiger partial charge in [-0.25, -0.2) is 4.79 Å². The van der Waals surface area contributed by atoms with Crippen LogP contribution in [-0.2, 0) is 14.3 Å². The van der Waals surface area contributed by atoms with Crippen molar-refractivity contribution in [2.75, 3.05) is 18.1 Å². The molecule has 0 spiro atoms. The first-order chi connectivity index (χ1) is 11.7. The van der Waals surface area contributed by atoms with Crippen molar-refractivity contribution in [1.29, 1.82) is 0 Å². The number of ether oxygens (including phenoxy) is 1. The molecule has 2 rings (SSSR count). The van der Waals surface area contributed by atoms with E-state index in [9.17, 15) is 14.4 Å². The van der Waals surface area contributed by atoms with Gasteiger partial charge in [-0.3, -0.25) is 9.59 Å². The molecule has 0 unspecified atom stereocenters. The zero-order chi connectivity index (χ0) is 18.6. The summed E-state index contributed by atoms with van der Waals surface area (Å²) < 4.78 is 5.07. The molecule has 1 aliphatic rings. The van der Waals surface area contributed by atoms with Gasteiger partial charge in [0.05, 0.1) is 16.3 Å². The van der Waals surface area contributed by atoms with Crippen molar-refractivity contribution in [2.24, 2.45) is 0 Å². The first-order valence-electron chi connectivity index (χ1n) is 8.31. The number of amides is 2. The van der Waals surface area contributed by atoms with E-state index >= 15 is 0 Å². The molecule has 136 valence electrons. The van der Waals surface area contributed by atoms with Gasteiger partial charge in [0.25, 0.3) is 5.91 Å². The molecule has 2 amide bonds. The molecule has 0 aliphatic carbocycles. The fourth-order valence-electron chi connectivity index (χ4n) is 2.47. The van der Waals surface area contributed by atoms with Gasteiger partial charge in [0.2, 0.25) is 5.91 Å². The Kier molecular flexibility index (Phi) is 6.06. The highest BCUT2D eigenvalue weighted by atomic mass is 35.5. The van der Waals surface area contributed by atoms with Crippen LogP contribution in [0.25, 0.3) is 0 Å². The lowest BCUT2D eigenvalue weighted by atomic mass is 10.0. The molecular formula is C18H23ClN2O4. The van der Waals surface area contributed by atoms with Crippen LogP contribution >= 0.6 is 11.6 Å². The summed E-state index contributed by atoms with van der Waals surface area (Å²) in [5.74, 6) is -1.01. The molecule has 1 aliphatic heterocycles. The van der Waals surface area contributed by atoms with Crippen LogP contribution in [0.5, 0.6) is 0 Å². The van der Waals surface area contributed by atoms with Crippen LogP contribution in [0.3, 0.4) is 0 Å². The highest BCUT2D eigenvalue weighted by Crippen LogP contribution is 2.30. The van der Waals surface area contributed by atoms with E-state index in [-0.39, 0.29) is 29.5 Å². The predicted molar refractivity (Wildman–Crippen MR) is 95.8 cm³/mol. The number of rotatable bonds is 6. The summed E-state index contributed by atoms with van der Waals surface area (Å²) in [5.41, 5.74) is 0.393. The summed E-state index contributed by atoms with van der Waals surface area (Å²) in [4.78, 5) is 37.5. The number of nitrogens with zero attached hydrogens (tertiary/aromatic N) is 1. The van der Waals surface area contributed by atoms with Gasteiger partial charge in [-0.15, -0.1) is 0 Å². The van der Waals surface area contributed by atoms with Gasteiger partial charge >= 0.3 is 5.97 Å². The largest absolute Gasteiger partial charge is 0.452 e. The van der Waals surface area contributed by atoms with E-state index in [0.717, 1.165) is 12.8 Å². The molecule has 1 fully saturated rings. The van der Waals surface area contributed by atoms with Gasteiger partial charge in [-0.05, 0) is 44.9 Å². The highest BCUT2D eigenvalue weighted by Gasteiger charge is 2.25. The zero-order valence-corrected chi connectivity index (χ0v) is 15.5. The molecule has 0 atom stereocenters. The Labute approximate surface area is 152 Å². The maximum atomic E-state index is 12.2. The van der Waals surface area contributed by atoms with Gasteiger partial charge in [0, 0.05) is 18.5 Å². The molecule has 1 heterocycles. The van der Waals surface area contributed by atoms with Crippen LogP contribution in [0.4, 0.5) is 5.69 Å². The normalized spacial score (nSPS) is 14.6. The molecule has 0 bridgehead atoms. The SMILES string of the molecule is CCC(C)(C)NC(=O)COC(=O)c1ccc(Cl)c(N2CCCC2=O)c1. The lowest BCUT2D eigenvalue weighted by molar-refractivity contribution is -0.125. The Hall–Kier alpha value is -2.08. The molecule has 0 saturated carbocycles. The number of hydrogen-bond acceptors (Lipinski definition) is 4. The minimum Gasteiger partial charge on any atom is -0.452 e. The third kappa shape index (κ3) is 4.95.